The van der Waals surface area contributed by atoms with E-state index < -0.39 is 0 Å². The van der Waals surface area contributed by atoms with Gasteiger partial charge in [-0.3, -0.25) is 0 Å². The minimum atomic E-state index is 0. The van der Waals surface area contributed by atoms with Crippen molar-refractivity contribution >= 4 is 24.0 Å². The molecule has 1 aromatic carbocycles. The van der Waals surface area contributed by atoms with Crippen molar-refractivity contribution in [2.75, 3.05) is 13.1 Å². The Balaban J connectivity index is 0.00000120. The van der Waals surface area contributed by atoms with Crippen LogP contribution in [-0.4, -0.2) is 13.1 Å². The van der Waals surface area contributed by atoms with Crippen LogP contribution in [0.5, 0.6) is 0 Å². The van der Waals surface area contributed by atoms with E-state index >= 15 is 0 Å². The summed E-state index contributed by atoms with van der Waals surface area (Å²) in [6, 6.07) is 4.56. The standard InChI is InChI=1S/C15H20ClN.ClH/c1-3-10-4-5-11-12(14(10)16)6-7-15(2)9-17-8-13(11)15;/h4-5,13,17H,3,6-9H2,1-2H3;1H/t13-,15+;/m0./s1. The van der Waals surface area contributed by atoms with Gasteiger partial charge in [0.2, 0.25) is 0 Å². The second-order valence-electron chi connectivity index (χ2n) is 5.80. The van der Waals surface area contributed by atoms with Crippen LogP contribution in [0.4, 0.5) is 0 Å². The number of hydrogen-bond donors (Lipinski definition) is 1. The molecule has 100 valence electrons. The smallest absolute Gasteiger partial charge is 0.0472 e. The molecule has 0 aromatic heterocycles. The number of fused-ring (bicyclic) bond motifs is 3. The van der Waals surface area contributed by atoms with Crippen LogP contribution in [0, 0.1) is 5.41 Å². The fourth-order valence-electron chi connectivity index (χ4n) is 3.57. The normalized spacial score (nSPS) is 29.4. The Labute approximate surface area is 121 Å². The van der Waals surface area contributed by atoms with E-state index in [2.05, 4.69) is 31.3 Å². The SMILES string of the molecule is CCc1ccc2c(c1Cl)CC[C@]1(C)CNC[C@@H]21.Cl. The van der Waals surface area contributed by atoms with Crippen LogP contribution in [0.15, 0.2) is 12.1 Å². The molecule has 0 unspecified atom stereocenters. The van der Waals surface area contributed by atoms with Crippen LogP contribution in [0.2, 0.25) is 5.02 Å². The summed E-state index contributed by atoms with van der Waals surface area (Å²) >= 11 is 6.54. The summed E-state index contributed by atoms with van der Waals surface area (Å²) in [5.41, 5.74) is 4.69. The predicted molar refractivity (Wildman–Crippen MR) is 80.1 cm³/mol. The highest BCUT2D eigenvalue weighted by atomic mass is 35.5. The van der Waals surface area contributed by atoms with Crippen molar-refractivity contribution in [3.8, 4) is 0 Å². The molecule has 1 saturated heterocycles. The Morgan fingerprint density at radius 3 is 2.94 bits per heavy atom. The molecule has 0 bridgehead atoms. The van der Waals surface area contributed by atoms with Crippen LogP contribution in [0.25, 0.3) is 0 Å². The number of hydrogen-bond acceptors (Lipinski definition) is 1. The molecular formula is C15H21Cl2N. The van der Waals surface area contributed by atoms with Crippen molar-refractivity contribution in [2.24, 2.45) is 5.41 Å². The summed E-state index contributed by atoms with van der Waals surface area (Å²) in [6.07, 6.45) is 3.45. The Morgan fingerprint density at radius 2 is 2.22 bits per heavy atom. The topological polar surface area (TPSA) is 12.0 Å². The van der Waals surface area contributed by atoms with Crippen LogP contribution < -0.4 is 5.32 Å². The summed E-state index contributed by atoms with van der Waals surface area (Å²) in [6.45, 7) is 6.87. The summed E-state index contributed by atoms with van der Waals surface area (Å²) in [4.78, 5) is 0. The van der Waals surface area contributed by atoms with Crippen LogP contribution in [-0.2, 0) is 12.8 Å². The number of aryl methyl sites for hydroxylation is 1. The minimum Gasteiger partial charge on any atom is -0.316 e. The highest BCUT2D eigenvalue weighted by Crippen LogP contribution is 2.49. The zero-order valence-electron chi connectivity index (χ0n) is 11.1. The Morgan fingerprint density at radius 1 is 1.44 bits per heavy atom. The first-order valence-electron chi connectivity index (χ1n) is 6.66. The molecular weight excluding hydrogens is 265 g/mol. The monoisotopic (exact) mass is 285 g/mol. The molecule has 0 radical (unpaired) electrons. The van der Waals surface area contributed by atoms with Crippen LogP contribution in [0.3, 0.4) is 0 Å². The molecule has 1 heterocycles. The van der Waals surface area contributed by atoms with Gasteiger partial charge >= 0.3 is 0 Å². The Hall–Kier alpha value is -0.240. The van der Waals surface area contributed by atoms with Gasteiger partial charge < -0.3 is 5.32 Å². The van der Waals surface area contributed by atoms with Gasteiger partial charge in [0.15, 0.2) is 0 Å². The summed E-state index contributed by atoms with van der Waals surface area (Å²) < 4.78 is 0. The van der Waals surface area contributed by atoms with E-state index in [1.54, 1.807) is 0 Å². The summed E-state index contributed by atoms with van der Waals surface area (Å²) in [7, 11) is 0. The second kappa shape index (κ2) is 5.03. The molecule has 1 aliphatic carbocycles. The highest BCUT2D eigenvalue weighted by Gasteiger charge is 2.43. The van der Waals surface area contributed by atoms with Gasteiger partial charge in [0.05, 0.1) is 0 Å². The zero-order valence-corrected chi connectivity index (χ0v) is 12.6. The molecule has 3 rings (SSSR count). The van der Waals surface area contributed by atoms with Gasteiger partial charge in [-0.05, 0) is 41.4 Å². The third-order valence-corrected chi connectivity index (χ3v) is 5.25. The van der Waals surface area contributed by atoms with Crippen molar-refractivity contribution in [1.29, 1.82) is 0 Å². The van der Waals surface area contributed by atoms with E-state index in [0.717, 1.165) is 31.0 Å². The molecule has 3 heteroatoms. The molecule has 18 heavy (non-hydrogen) atoms. The molecule has 2 atom stereocenters. The average Bonchev–Trinajstić information content (AvgIpc) is 2.71. The maximum absolute atomic E-state index is 6.54. The van der Waals surface area contributed by atoms with Gasteiger partial charge in [0.1, 0.15) is 0 Å². The lowest BCUT2D eigenvalue weighted by Crippen LogP contribution is -2.30. The summed E-state index contributed by atoms with van der Waals surface area (Å²) in [5.74, 6) is 0.662. The molecule has 1 fully saturated rings. The van der Waals surface area contributed by atoms with Crippen molar-refractivity contribution in [2.45, 2.75) is 39.0 Å². The Kier molecular flexibility index (Phi) is 3.96. The van der Waals surface area contributed by atoms with Gasteiger partial charge in [-0.2, -0.15) is 0 Å². The third kappa shape index (κ3) is 1.97. The molecule has 0 amide bonds. The van der Waals surface area contributed by atoms with Crippen molar-refractivity contribution < 1.29 is 0 Å². The Bertz CT molecular complexity index is 458. The zero-order chi connectivity index (χ0) is 12.0. The number of rotatable bonds is 1. The van der Waals surface area contributed by atoms with E-state index in [4.69, 9.17) is 11.6 Å². The molecule has 1 aromatic rings. The fraction of sp³-hybridized carbons (Fsp3) is 0.600. The maximum atomic E-state index is 6.54. The predicted octanol–water partition coefficient (Wildman–Crippen LogP) is 3.96. The highest BCUT2D eigenvalue weighted by molar-refractivity contribution is 6.32. The first-order valence-corrected chi connectivity index (χ1v) is 7.04. The van der Waals surface area contributed by atoms with E-state index in [0.29, 0.717) is 11.3 Å². The number of halogens is 2. The molecule has 1 nitrogen and oxygen atoms in total. The lowest BCUT2D eigenvalue weighted by Gasteiger charge is -2.37. The minimum absolute atomic E-state index is 0. The average molecular weight is 286 g/mol. The van der Waals surface area contributed by atoms with E-state index in [-0.39, 0.29) is 12.4 Å². The number of benzene rings is 1. The first kappa shape index (κ1) is 14.2. The molecule has 0 saturated carbocycles. The van der Waals surface area contributed by atoms with Crippen LogP contribution >= 0.6 is 24.0 Å². The van der Waals surface area contributed by atoms with Gasteiger partial charge in [-0.15, -0.1) is 12.4 Å². The molecule has 2 aliphatic rings. The lowest BCUT2D eigenvalue weighted by molar-refractivity contribution is 0.277. The largest absolute Gasteiger partial charge is 0.316 e. The van der Waals surface area contributed by atoms with E-state index in [9.17, 15) is 0 Å². The van der Waals surface area contributed by atoms with Gasteiger partial charge in [0.25, 0.3) is 0 Å². The van der Waals surface area contributed by atoms with Crippen molar-refractivity contribution in [3.63, 3.8) is 0 Å². The van der Waals surface area contributed by atoms with Gasteiger partial charge in [-0.1, -0.05) is 37.6 Å². The lowest BCUT2D eigenvalue weighted by atomic mass is 9.67. The van der Waals surface area contributed by atoms with E-state index in [1.807, 2.05) is 0 Å². The quantitative estimate of drug-likeness (QED) is 0.824. The van der Waals surface area contributed by atoms with Gasteiger partial charge in [0, 0.05) is 24.0 Å². The van der Waals surface area contributed by atoms with Crippen molar-refractivity contribution in [3.05, 3.63) is 33.8 Å². The molecule has 1 aliphatic heterocycles. The molecule has 1 N–H and O–H groups in total. The fourth-order valence-corrected chi connectivity index (χ4v) is 3.97. The molecule has 0 spiro atoms. The van der Waals surface area contributed by atoms with E-state index in [1.165, 1.54) is 23.1 Å². The van der Waals surface area contributed by atoms with Gasteiger partial charge in [-0.25, -0.2) is 0 Å². The van der Waals surface area contributed by atoms with Crippen LogP contribution in [0.1, 0.15) is 42.9 Å². The summed E-state index contributed by atoms with van der Waals surface area (Å²) in [5, 5.41) is 4.59. The maximum Gasteiger partial charge on any atom is 0.0472 e. The number of nitrogens with one attached hydrogen (secondary N) is 1. The van der Waals surface area contributed by atoms with Crippen molar-refractivity contribution in [1.82, 2.24) is 5.32 Å². The first-order chi connectivity index (χ1) is 8.15. The third-order valence-electron chi connectivity index (χ3n) is 4.78. The second-order valence-corrected chi connectivity index (χ2v) is 6.18.